The Kier molecular flexibility index (Phi) is 5.43. The molecule has 1 aliphatic rings. The number of pyridine rings is 1. The molecule has 0 radical (unpaired) electrons. The molecule has 0 spiro atoms. The van der Waals surface area contributed by atoms with Crippen LogP contribution in [0.4, 0.5) is 5.69 Å². The van der Waals surface area contributed by atoms with Crippen LogP contribution in [0, 0.1) is 0 Å². The number of para-hydroxylation sites is 1. The number of nitrogens with zero attached hydrogens (tertiary/aromatic N) is 2. The summed E-state index contributed by atoms with van der Waals surface area (Å²) in [5.41, 5.74) is 2.24. The van der Waals surface area contributed by atoms with Gasteiger partial charge in [0.15, 0.2) is 6.61 Å². The summed E-state index contributed by atoms with van der Waals surface area (Å²) < 4.78 is 5.88. The van der Waals surface area contributed by atoms with Crippen molar-refractivity contribution in [2.24, 2.45) is 0 Å². The lowest BCUT2D eigenvalue weighted by molar-refractivity contribution is -0.121. The summed E-state index contributed by atoms with van der Waals surface area (Å²) in [7, 11) is 0. The second kappa shape index (κ2) is 7.75. The van der Waals surface area contributed by atoms with E-state index in [1.807, 2.05) is 47.4 Å². The van der Waals surface area contributed by atoms with Crippen LogP contribution in [0.25, 0.3) is 10.8 Å². The van der Waals surface area contributed by atoms with E-state index in [4.69, 9.17) is 4.74 Å². The van der Waals surface area contributed by atoms with Crippen LogP contribution < -0.4 is 9.64 Å². The molecule has 2 heterocycles. The standard InChI is InChI=1S/C21H20N2O2.ClH/c1-15-9-10-16-5-2-3-7-19(16)23(15)21(24)14-25-20-8-4-6-17-13-22-12-11-18(17)20;/h2-8,11-13,15H,9-10,14H2,1H3;1H. The van der Waals surface area contributed by atoms with Crippen LogP contribution in [0.2, 0.25) is 0 Å². The van der Waals surface area contributed by atoms with E-state index in [-0.39, 0.29) is 31.0 Å². The number of carbonyl (C=O) groups excluding carboxylic acids is 1. The van der Waals surface area contributed by atoms with Crippen LogP contribution in [0.15, 0.2) is 60.9 Å². The van der Waals surface area contributed by atoms with Crippen molar-refractivity contribution in [2.75, 3.05) is 11.5 Å². The molecule has 26 heavy (non-hydrogen) atoms. The summed E-state index contributed by atoms with van der Waals surface area (Å²) in [6, 6.07) is 16.0. The molecule has 0 aliphatic carbocycles. The van der Waals surface area contributed by atoms with Crippen molar-refractivity contribution in [2.45, 2.75) is 25.8 Å². The van der Waals surface area contributed by atoms with Gasteiger partial charge in [-0.2, -0.15) is 0 Å². The van der Waals surface area contributed by atoms with E-state index < -0.39 is 0 Å². The van der Waals surface area contributed by atoms with Crippen LogP contribution in [0.5, 0.6) is 5.75 Å². The van der Waals surface area contributed by atoms with Gasteiger partial charge in [0.05, 0.1) is 0 Å². The van der Waals surface area contributed by atoms with Gasteiger partial charge >= 0.3 is 0 Å². The fourth-order valence-electron chi connectivity index (χ4n) is 3.50. The monoisotopic (exact) mass is 368 g/mol. The Morgan fingerprint density at radius 3 is 2.92 bits per heavy atom. The Morgan fingerprint density at radius 2 is 2.04 bits per heavy atom. The number of aryl methyl sites for hydroxylation is 1. The summed E-state index contributed by atoms with van der Waals surface area (Å²) in [6.45, 7) is 2.12. The van der Waals surface area contributed by atoms with Gasteiger partial charge in [-0.3, -0.25) is 9.78 Å². The topological polar surface area (TPSA) is 42.4 Å². The molecule has 4 rings (SSSR count). The highest BCUT2D eigenvalue weighted by Crippen LogP contribution is 2.31. The molecule has 0 saturated heterocycles. The molecule has 1 aromatic heterocycles. The van der Waals surface area contributed by atoms with Gasteiger partial charge in [0, 0.05) is 34.9 Å². The van der Waals surface area contributed by atoms with E-state index >= 15 is 0 Å². The van der Waals surface area contributed by atoms with Gasteiger partial charge in [-0.15, -0.1) is 12.4 Å². The van der Waals surface area contributed by atoms with Crippen LogP contribution in [-0.4, -0.2) is 23.5 Å². The fourth-order valence-corrected chi connectivity index (χ4v) is 3.50. The van der Waals surface area contributed by atoms with Crippen LogP contribution in [0.1, 0.15) is 18.9 Å². The van der Waals surface area contributed by atoms with E-state index in [2.05, 4.69) is 18.0 Å². The molecule has 134 valence electrons. The lowest BCUT2D eigenvalue weighted by Crippen LogP contribution is -2.44. The number of amides is 1. The summed E-state index contributed by atoms with van der Waals surface area (Å²) in [4.78, 5) is 18.9. The summed E-state index contributed by atoms with van der Waals surface area (Å²) in [5.74, 6) is 0.705. The minimum absolute atomic E-state index is 0. The summed E-state index contributed by atoms with van der Waals surface area (Å²) in [5, 5.41) is 1.97. The van der Waals surface area contributed by atoms with Gasteiger partial charge in [-0.25, -0.2) is 0 Å². The lowest BCUT2D eigenvalue weighted by atomic mass is 9.96. The van der Waals surface area contributed by atoms with Gasteiger partial charge in [0.2, 0.25) is 0 Å². The SMILES string of the molecule is CC1CCc2ccccc2N1C(=O)COc1cccc2cnccc12.Cl. The number of hydrogen-bond acceptors (Lipinski definition) is 3. The Morgan fingerprint density at radius 1 is 1.19 bits per heavy atom. The third-order valence-electron chi connectivity index (χ3n) is 4.78. The zero-order valence-corrected chi connectivity index (χ0v) is 15.4. The first-order valence-corrected chi connectivity index (χ1v) is 8.59. The maximum atomic E-state index is 12.9. The van der Waals surface area contributed by atoms with Gasteiger partial charge in [0.25, 0.3) is 5.91 Å². The number of benzene rings is 2. The zero-order chi connectivity index (χ0) is 17.2. The predicted octanol–water partition coefficient (Wildman–Crippen LogP) is 4.40. The average molecular weight is 369 g/mol. The molecule has 4 nitrogen and oxygen atoms in total. The van der Waals surface area contributed by atoms with Crippen molar-refractivity contribution in [3.63, 3.8) is 0 Å². The Labute approximate surface area is 159 Å². The van der Waals surface area contributed by atoms with Crippen molar-refractivity contribution in [3.8, 4) is 5.75 Å². The van der Waals surface area contributed by atoms with Crippen LogP contribution in [-0.2, 0) is 11.2 Å². The number of anilines is 1. The number of halogens is 1. The molecule has 2 aromatic carbocycles. The second-order valence-corrected chi connectivity index (χ2v) is 6.42. The first-order chi connectivity index (χ1) is 12.2. The molecule has 0 saturated carbocycles. The number of carbonyl (C=O) groups is 1. The molecule has 0 bridgehead atoms. The molecule has 1 amide bonds. The highest BCUT2D eigenvalue weighted by molar-refractivity contribution is 5.96. The minimum atomic E-state index is -0.00860. The molecule has 1 unspecified atom stereocenters. The third-order valence-corrected chi connectivity index (χ3v) is 4.78. The van der Waals surface area contributed by atoms with Gasteiger partial charge in [-0.05, 0) is 43.5 Å². The number of rotatable bonds is 3. The second-order valence-electron chi connectivity index (χ2n) is 6.42. The first-order valence-electron chi connectivity index (χ1n) is 8.59. The van der Waals surface area contributed by atoms with Crippen molar-refractivity contribution in [3.05, 3.63) is 66.5 Å². The summed E-state index contributed by atoms with van der Waals surface area (Å²) >= 11 is 0. The lowest BCUT2D eigenvalue weighted by Gasteiger charge is -2.35. The highest BCUT2D eigenvalue weighted by Gasteiger charge is 2.28. The summed E-state index contributed by atoms with van der Waals surface area (Å²) in [6.07, 6.45) is 5.52. The van der Waals surface area contributed by atoms with E-state index in [0.717, 1.165) is 29.3 Å². The number of aromatic nitrogens is 1. The highest BCUT2D eigenvalue weighted by atomic mass is 35.5. The number of fused-ring (bicyclic) bond motifs is 2. The molecule has 1 atom stereocenters. The zero-order valence-electron chi connectivity index (χ0n) is 14.6. The van der Waals surface area contributed by atoms with Crippen LogP contribution >= 0.6 is 12.4 Å². The average Bonchev–Trinajstić information content (AvgIpc) is 2.66. The number of hydrogen-bond donors (Lipinski definition) is 0. The van der Waals surface area contributed by atoms with Crippen molar-refractivity contribution >= 4 is 34.8 Å². The van der Waals surface area contributed by atoms with E-state index in [1.165, 1.54) is 5.56 Å². The van der Waals surface area contributed by atoms with Gasteiger partial charge < -0.3 is 9.64 Å². The maximum Gasteiger partial charge on any atom is 0.265 e. The first kappa shape index (κ1) is 18.2. The third kappa shape index (κ3) is 3.37. The Hall–Kier alpha value is -2.59. The molecule has 1 aliphatic heterocycles. The van der Waals surface area contributed by atoms with Crippen molar-refractivity contribution in [1.29, 1.82) is 0 Å². The van der Waals surface area contributed by atoms with E-state index in [1.54, 1.807) is 12.4 Å². The Balaban J connectivity index is 0.00000196. The molecular weight excluding hydrogens is 348 g/mol. The molecular formula is C21H21ClN2O2. The predicted molar refractivity (Wildman–Crippen MR) is 106 cm³/mol. The van der Waals surface area contributed by atoms with E-state index in [0.29, 0.717) is 5.75 Å². The normalized spacial score (nSPS) is 15.9. The minimum Gasteiger partial charge on any atom is -0.483 e. The van der Waals surface area contributed by atoms with E-state index in [9.17, 15) is 4.79 Å². The largest absolute Gasteiger partial charge is 0.483 e. The maximum absolute atomic E-state index is 12.9. The van der Waals surface area contributed by atoms with Crippen molar-refractivity contribution in [1.82, 2.24) is 4.98 Å². The van der Waals surface area contributed by atoms with Crippen LogP contribution in [0.3, 0.4) is 0 Å². The fraction of sp³-hybridized carbons (Fsp3) is 0.238. The molecule has 0 N–H and O–H groups in total. The molecule has 0 fully saturated rings. The van der Waals surface area contributed by atoms with Gasteiger partial charge in [-0.1, -0.05) is 30.3 Å². The molecule has 3 aromatic rings. The Bertz CT molecular complexity index is 923. The number of ether oxygens (including phenoxy) is 1. The van der Waals surface area contributed by atoms with Crippen molar-refractivity contribution < 1.29 is 9.53 Å². The quantitative estimate of drug-likeness (QED) is 0.688. The van der Waals surface area contributed by atoms with Gasteiger partial charge in [0.1, 0.15) is 5.75 Å². The molecule has 5 heteroatoms. The smallest absolute Gasteiger partial charge is 0.265 e.